The SMILES string of the molecule is CO[C@@H]1CCC2(C1)Nc1c(cnc3[nH]cc(C(=O)c4ccc(Oc5ccccc5)cc4Cl)c13)NC2=O. The first-order chi connectivity index (χ1) is 17.5. The average molecular weight is 503 g/mol. The number of halogens is 1. The number of pyridine rings is 1. The molecule has 36 heavy (non-hydrogen) atoms. The number of methoxy groups -OCH3 is 1. The summed E-state index contributed by atoms with van der Waals surface area (Å²) in [7, 11) is 1.66. The molecular weight excluding hydrogens is 480 g/mol. The summed E-state index contributed by atoms with van der Waals surface area (Å²) in [6, 6.07) is 14.3. The molecule has 8 nitrogen and oxygen atoms in total. The maximum atomic E-state index is 13.7. The Kier molecular flexibility index (Phi) is 5.43. The second kappa shape index (κ2) is 8.65. The molecule has 0 saturated heterocycles. The van der Waals surface area contributed by atoms with Crippen LogP contribution in [0, 0.1) is 0 Å². The maximum absolute atomic E-state index is 13.7. The van der Waals surface area contributed by atoms with Gasteiger partial charge in [0.15, 0.2) is 5.78 Å². The number of nitrogens with zero attached hydrogens (tertiary/aromatic N) is 1. The van der Waals surface area contributed by atoms with E-state index in [1.807, 2.05) is 30.3 Å². The monoisotopic (exact) mass is 502 g/mol. The highest BCUT2D eigenvalue weighted by atomic mass is 35.5. The zero-order valence-corrected chi connectivity index (χ0v) is 20.2. The number of hydrogen-bond donors (Lipinski definition) is 3. The molecule has 9 heteroatoms. The molecule has 182 valence electrons. The molecule has 1 fully saturated rings. The molecule has 3 N–H and O–H groups in total. The zero-order chi connectivity index (χ0) is 24.9. The zero-order valence-electron chi connectivity index (χ0n) is 19.4. The van der Waals surface area contributed by atoms with Crippen LogP contribution < -0.4 is 15.4 Å². The number of anilines is 2. The summed E-state index contributed by atoms with van der Waals surface area (Å²) < 4.78 is 11.3. The lowest BCUT2D eigenvalue weighted by atomic mass is 9.92. The molecule has 2 atom stereocenters. The van der Waals surface area contributed by atoms with Crippen molar-refractivity contribution in [1.82, 2.24) is 9.97 Å². The lowest BCUT2D eigenvalue weighted by molar-refractivity contribution is -0.120. The summed E-state index contributed by atoms with van der Waals surface area (Å²) in [6.07, 6.45) is 5.15. The van der Waals surface area contributed by atoms with Gasteiger partial charge in [-0.25, -0.2) is 4.98 Å². The van der Waals surface area contributed by atoms with Gasteiger partial charge in [0.05, 0.1) is 39.6 Å². The Bertz CT molecular complexity index is 1500. The molecule has 2 aromatic carbocycles. The van der Waals surface area contributed by atoms with Gasteiger partial charge in [-0.15, -0.1) is 0 Å². The van der Waals surface area contributed by atoms with Crippen LogP contribution >= 0.6 is 11.6 Å². The van der Waals surface area contributed by atoms with Crippen molar-refractivity contribution < 1.29 is 19.1 Å². The van der Waals surface area contributed by atoms with E-state index in [4.69, 9.17) is 21.1 Å². The maximum Gasteiger partial charge on any atom is 0.250 e. The molecule has 6 rings (SSSR count). The smallest absolute Gasteiger partial charge is 0.250 e. The molecule has 0 radical (unpaired) electrons. The van der Waals surface area contributed by atoms with E-state index in [0.717, 1.165) is 6.42 Å². The number of benzene rings is 2. The molecule has 2 aromatic heterocycles. The van der Waals surface area contributed by atoms with Crippen molar-refractivity contribution in [2.24, 2.45) is 0 Å². The number of hydrogen-bond acceptors (Lipinski definition) is 6. The molecule has 1 amide bonds. The Morgan fingerprint density at radius 2 is 1.97 bits per heavy atom. The standard InChI is InChI=1S/C27H23ClN4O4/c1-35-17-9-10-27(12-17)26(34)31-21-14-30-25-22(23(21)32-27)19(13-29-25)24(33)18-8-7-16(11-20(18)28)36-15-5-3-2-4-6-15/h2-8,11,13-14,17,32H,9-10,12H2,1H3,(H,29,30)(H,31,34)/t17-,27?/m1/s1. The Balaban J connectivity index is 1.36. The van der Waals surface area contributed by atoms with Crippen LogP contribution in [0.3, 0.4) is 0 Å². The number of amides is 1. The van der Waals surface area contributed by atoms with Crippen LogP contribution in [0.15, 0.2) is 60.9 Å². The number of aromatic amines is 1. The first-order valence-corrected chi connectivity index (χ1v) is 12.0. The highest BCUT2D eigenvalue weighted by molar-refractivity contribution is 6.36. The molecule has 3 heterocycles. The van der Waals surface area contributed by atoms with Gasteiger partial charge in [0.25, 0.3) is 0 Å². The summed E-state index contributed by atoms with van der Waals surface area (Å²) in [5.74, 6) is 0.824. The third-order valence-corrected chi connectivity index (χ3v) is 7.27. The van der Waals surface area contributed by atoms with Crippen LogP contribution in [-0.4, -0.2) is 40.4 Å². The second-order valence-electron chi connectivity index (χ2n) is 9.12. The molecule has 1 saturated carbocycles. The minimum Gasteiger partial charge on any atom is -0.457 e. The van der Waals surface area contributed by atoms with Gasteiger partial charge < -0.3 is 25.1 Å². The molecule has 1 aliphatic carbocycles. The minimum atomic E-state index is -0.798. The van der Waals surface area contributed by atoms with Gasteiger partial charge in [0.2, 0.25) is 5.91 Å². The van der Waals surface area contributed by atoms with Crippen molar-refractivity contribution in [3.05, 3.63) is 77.1 Å². The summed E-state index contributed by atoms with van der Waals surface area (Å²) in [6.45, 7) is 0. The minimum absolute atomic E-state index is 0.00937. The van der Waals surface area contributed by atoms with Gasteiger partial charge >= 0.3 is 0 Å². The van der Waals surface area contributed by atoms with Gasteiger partial charge in [0.1, 0.15) is 22.7 Å². The lowest BCUT2D eigenvalue weighted by Crippen LogP contribution is -2.51. The molecule has 1 spiro atoms. The number of rotatable bonds is 5. The third kappa shape index (κ3) is 3.70. The first kappa shape index (κ1) is 22.6. The van der Waals surface area contributed by atoms with Crippen molar-refractivity contribution in [2.75, 3.05) is 17.7 Å². The Labute approximate surface area is 212 Å². The van der Waals surface area contributed by atoms with Gasteiger partial charge in [-0.3, -0.25) is 9.59 Å². The summed E-state index contributed by atoms with van der Waals surface area (Å²) in [5, 5.41) is 7.32. The Morgan fingerprint density at radius 1 is 1.14 bits per heavy atom. The van der Waals surface area contributed by atoms with E-state index in [1.54, 1.807) is 37.7 Å². The van der Waals surface area contributed by atoms with E-state index in [-0.39, 0.29) is 22.8 Å². The van der Waals surface area contributed by atoms with Crippen LogP contribution in [0.2, 0.25) is 5.02 Å². The number of ketones is 1. The number of carbonyl (C=O) groups is 2. The highest BCUT2D eigenvalue weighted by Gasteiger charge is 2.48. The fraction of sp³-hybridized carbons (Fsp3) is 0.222. The molecular formula is C27H23ClN4O4. The molecule has 4 aromatic rings. The van der Waals surface area contributed by atoms with E-state index in [9.17, 15) is 9.59 Å². The van der Waals surface area contributed by atoms with E-state index in [1.165, 1.54) is 0 Å². The van der Waals surface area contributed by atoms with Crippen molar-refractivity contribution in [2.45, 2.75) is 30.9 Å². The molecule has 0 bridgehead atoms. The Morgan fingerprint density at radius 3 is 2.72 bits per heavy atom. The fourth-order valence-corrected chi connectivity index (χ4v) is 5.33. The predicted molar refractivity (Wildman–Crippen MR) is 137 cm³/mol. The normalized spacial score (nSPS) is 20.7. The second-order valence-corrected chi connectivity index (χ2v) is 9.53. The van der Waals surface area contributed by atoms with E-state index < -0.39 is 5.54 Å². The number of para-hydroxylation sites is 1. The van der Waals surface area contributed by atoms with Crippen LogP contribution in [0.1, 0.15) is 35.2 Å². The Hall–Kier alpha value is -3.88. The average Bonchev–Trinajstić information content (AvgIpc) is 3.51. The van der Waals surface area contributed by atoms with E-state index >= 15 is 0 Å². The number of H-pyrrole nitrogens is 1. The van der Waals surface area contributed by atoms with E-state index in [0.29, 0.717) is 57.9 Å². The van der Waals surface area contributed by atoms with Crippen molar-refractivity contribution in [3.63, 3.8) is 0 Å². The molecule has 1 unspecified atom stereocenters. The summed E-state index contributed by atoms with van der Waals surface area (Å²) in [4.78, 5) is 34.2. The fourth-order valence-electron chi connectivity index (χ4n) is 5.07. The largest absolute Gasteiger partial charge is 0.457 e. The van der Waals surface area contributed by atoms with Crippen molar-refractivity contribution >= 4 is 45.7 Å². The van der Waals surface area contributed by atoms with Gasteiger partial charge in [-0.2, -0.15) is 0 Å². The van der Waals surface area contributed by atoms with Crippen LogP contribution in [0.25, 0.3) is 11.0 Å². The quantitative estimate of drug-likeness (QED) is 0.309. The van der Waals surface area contributed by atoms with Crippen molar-refractivity contribution in [1.29, 1.82) is 0 Å². The van der Waals surface area contributed by atoms with Gasteiger partial charge in [0, 0.05) is 31.4 Å². The third-order valence-electron chi connectivity index (χ3n) is 6.96. The van der Waals surface area contributed by atoms with E-state index in [2.05, 4.69) is 20.6 Å². The number of ether oxygens (including phenoxy) is 2. The summed E-state index contributed by atoms with van der Waals surface area (Å²) >= 11 is 6.54. The number of aromatic nitrogens is 2. The molecule has 2 aliphatic rings. The van der Waals surface area contributed by atoms with Gasteiger partial charge in [-0.05, 0) is 37.1 Å². The molecule has 1 aliphatic heterocycles. The highest BCUT2D eigenvalue weighted by Crippen LogP contribution is 2.44. The summed E-state index contributed by atoms with van der Waals surface area (Å²) in [5.41, 5.74) is 1.69. The number of fused-ring (bicyclic) bond motifs is 3. The predicted octanol–water partition coefficient (Wildman–Crippen LogP) is 5.54. The number of nitrogens with one attached hydrogen (secondary N) is 3. The van der Waals surface area contributed by atoms with Gasteiger partial charge in [-0.1, -0.05) is 29.8 Å². The van der Waals surface area contributed by atoms with Crippen LogP contribution in [0.5, 0.6) is 11.5 Å². The van der Waals surface area contributed by atoms with Crippen LogP contribution in [-0.2, 0) is 9.53 Å². The van der Waals surface area contributed by atoms with Crippen molar-refractivity contribution in [3.8, 4) is 11.5 Å². The van der Waals surface area contributed by atoms with Crippen LogP contribution in [0.4, 0.5) is 11.4 Å². The topological polar surface area (TPSA) is 105 Å². The lowest BCUT2D eigenvalue weighted by Gasteiger charge is -2.36. The first-order valence-electron chi connectivity index (χ1n) is 11.7. The number of carbonyl (C=O) groups excluding carboxylic acids is 2.